The molecule has 1 fully saturated rings. The minimum atomic E-state index is -0.352. The summed E-state index contributed by atoms with van der Waals surface area (Å²) in [6.45, 7) is 6.76. The third-order valence-electron chi connectivity index (χ3n) is 6.91. The number of hydrogen-bond donors (Lipinski definition) is 2. The lowest BCUT2D eigenvalue weighted by atomic mass is 9.73. The summed E-state index contributed by atoms with van der Waals surface area (Å²) in [5, 5.41) is 6.70. The second-order valence-electron chi connectivity index (χ2n) is 9.18. The lowest BCUT2D eigenvalue weighted by Crippen LogP contribution is -2.50. The summed E-state index contributed by atoms with van der Waals surface area (Å²) in [7, 11) is 0. The number of para-hydroxylation sites is 1. The fourth-order valence-electron chi connectivity index (χ4n) is 4.76. The van der Waals surface area contributed by atoms with Crippen molar-refractivity contribution in [3.63, 3.8) is 0 Å². The van der Waals surface area contributed by atoms with E-state index in [9.17, 15) is 9.59 Å². The third-order valence-corrected chi connectivity index (χ3v) is 7.89. The number of nitrogens with zero attached hydrogens (tertiary/aromatic N) is 2. The number of aromatic nitrogens is 1. The Hall–Kier alpha value is -2.45. The van der Waals surface area contributed by atoms with Gasteiger partial charge >= 0.3 is 0 Å². The molecular weight excluding hydrogens is 436 g/mol. The topological polar surface area (TPSA) is 83.6 Å². The van der Waals surface area contributed by atoms with E-state index in [-0.39, 0.29) is 17.2 Å². The fourth-order valence-corrected chi connectivity index (χ4v) is 5.59. The molecule has 0 atom stereocenters. The van der Waals surface area contributed by atoms with Crippen LogP contribution in [0, 0.1) is 19.3 Å². The van der Waals surface area contributed by atoms with Crippen molar-refractivity contribution in [1.82, 2.24) is 15.2 Å². The molecular formula is C25H34N4O3S. The van der Waals surface area contributed by atoms with Gasteiger partial charge in [-0.25, -0.2) is 4.98 Å². The van der Waals surface area contributed by atoms with Crippen LogP contribution in [0.5, 0.6) is 5.75 Å². The molecule has 178 valence electrons. The summed E-state index contributed by atoms with van der Waals surface area (Å²) < 4.78 is 5.93. The molecule has 1 aromatic heterocycles. The first-order valence-corrected chi connectivity index (χ1v) is 12.7. The molecule has 1 aromatic carbocycles. The van der Waals surface area contributed by atoms with Gasteiger partial charge in [0.15, 0.2) is 5.13 Å². The van der Waals surface area contributed by atoms with Crippen molar-refractivity contribution in [2.45, 2.75) is 52.4 Å². The van der Waals surface area contributed by atoms with Crippen LogP contribution in [0.3, 0.4) is 0 Å². The highest BCUT2D eigenvalue weighted by molar-refractivity contribution is 7.15. The molecule has 0 bridgehead atoms. The number of ether oxygens (including phenoxy) is 1. The van der Waals surface area contributed by atoms with E-state index < -0.39 is 0 Å². The molecule has 2 aliphatic heterocycles. The molecule has 7 nitrogen and oxygen atoms in total. The molecule has 0 unspecified atom stereocenters. The van der Waals surface area contributed by atoms with Crippen LogP contribution in [0.4, 0.5) is 5.13 Å². The van der Waals surface area contributed by atoms with Crippen LogP contribution < -0.4 is 15.4 Å². The van der Waals surface area contributed by atoms with Crippen molar-refractivity contribution in [2.24, 2.45) is 5.41 Å². The largest absolute Gasteiger partial charge is 0.491 e. The van der Waals surface area contributed by atoms with Crippen LogP contribution in [-0.4, -0.2) is 54.5 Å². The van der Waals surface area contributed by atoms with Gasteiger partial charge in [-0.3, -0.25) is 14.5 Å². The molecule has 8 heteroatoms. The number of carbonyl (C=O) groups is 2. The third kappa shape index (κ3) is 5.92. The molecule has 0 saturated carbocycles. The monoisotopic (exact) mass is 470 g/mol. The van der Waals surface area contributed by atoms with E-state index in [1.165, 1.54) is 16.9 Å². The van der Waals surface area contributed by atoms with Crippen molar-refractivity contribution in [3.05, 3.63) is 40.4 Å². The van der Waals surface area contributed by atoms with E-state index in [0.717, 1.165) is 67.9 Å². The summed E-state index contributed by atoms with van der Waals surface area (Å²) in [6.07, 6.45) is 5.45. The number of amides is 2. The van der Waals surface area contributed by atoms with Gasteiger partial charge in [0.2, 0.25) is 11.8 Å². The van der Waals surface area contributed by atoms with E-state index in [1.54, 1.807) is 0 Å². The second kappa shape index (κ2) is 10.7. The highest BCUT2D eigenvalue weighted by Crippen LogP contribution is 2.37. The van der Waals surface area contributed by atoms with Gasteiger partial charge in [-0.15, -0.1) is 11.3 Å². The van der Waals surface area contributed by atoms with Crippen molar-refractivity contribution >= 4 is 28.3 Å². The summed E-state index contributed by atoms with van der Waals surface area (Å²) in [5.74, 6) is 1.02. The summed E-state index contributed by atoms with van der Waals surface area (Å²) in [4.78, 5) is 33.4. The van der Waals surface area contributed by atoms with E-state index in [2.05, 4.69) is 32.7 Å². The number of aryl methyl sites for hydroxylation is 3. The summed E-state index contributed by atoms with van der Waals surface area (Å²) >= 11 is 1.50. The van der Waals surface area contributed by atoms with E-state index in [4.69, 9.17) is 4.74 Å². The highest BCUT2D eigenvalue weighted by atomic mass is 32.1. The number of nitrogens with one attached hydrogen (secondary N) is 2. The number of rotatable bonds is 3. The van der Waals surface area contributed by atoms with Crippen LogP contribution >= 0.6 is 11.3 Å². The number of hydrogen-bond acceptors (Lipinski definition) is 6. The lowest BCUT2D eigenvalue weighted by molar-refractivity contribution is -0.135. The molecule has 3 heterocycles. The minimum Gasteiger partial charge on any atom is -0.491 e. The zero-order valence-corrected chi connectivity index (χ0v) is 20.4. The van der Waals surface area contributed by atoms with Gasteiger partial charge in [0.1, 0.15) is 12.4 Å². The first-order valence-electron chi connectivity index (χ1n) is 11.9. The first-order chi connectivity index (χ1) is 15.9. The van der Waals surface area contributed by atoms with Crippen molar-refractivity contribution in [3.8, 4) is 5.75 Å². The summed E-state index contributed by atoms with van der Waals surface area (Å²) in [6, 6.07) is 8.19. The molecule has 4 rings (SSSR count). The highest BCUT2D eigenvalue weighted by Gasteiger charge is 2.41. The van der Waals surface area contributed by atoms with Crippen LogP contribution in [0.1, 0.15) is 48.2 Å². The van der Waals surface area contributed by atoms with Crippen molar-refractivity contribution in [2.75, 3.05) is 38.1 Å². The normalized spacial score (nSPS) is 19.5. The van der Waals surface area contributed by atoms with E-state index in [1.807, 2.05) is 26.0 Å². The molecule has 2 aliphatic rings. The molecule has 2 aromatic rings. The van der Waals surface area contributed by atoms with Crippen LogP contribution in [0.15, 0.2) is 24.3 Å². The van der Waals surface area contributed by atoms with Gasteiger partial charge in [0.05, 0.1) is 24.2 Å². The first kappa shape index (κ1) is 23.7. The Morgan fingerprint density at radius 2 is 2.00 bits per heavy atom. The maximum atomic E-state index is 13.2. The standard InChI is InChI=1S/C25H34N4O3S/c1-18-19(2)33-24(27-18)28-22(30)17-29-14-11-25(12-15-29)10-6-5-8-20-7-3-4-9-21(20)32-16-13-26-23(25)31/h3-4,7,9H,5-6,8,10-17H2,1-2H3,(H,26,31)(H,27,28,30). The minimum absolute atomic E-state index is 0.0429. The number of fused-ring (bicyclic) bond motifs is 1. The van der Waals surface area contributed by atoms with Crippen LogP contribution in [0.25, 0.3) is 0 Å². The molecule has 2 N–H and O–H groups in total. The predicted molar refractivity (Wildman–Crippen MR) is 131 cm³/mol. The summed E-state index contributed by atoms with van der Waals surface area (Å²) in [5.41, 5.74) is 1.84. The number of thiazole rings is 1. The van der Waals surface area contributed by atoms with Gasteiger partial charge < -0.3 is 15.4 Å². The smallest absolute Gasteiger partial charge is 0.240 e. The quantitative estimate of drug-likeness (QED) is 0.715. The maximum absolute atomic E-state index is 13.2. The van der Waals surface area contributed by atoms with E-state index >= 15 is 0 Å². The Kier molecular flexibility index (Phi) is 7.65. The number of likely N-dealkylation sites (tertiary alicyclic amines) is 1. The van der Waals surface area contributed by atoms with E-state index in [0.29, 0.717) is 24.8 Å². The molecule has 0 radical (unpaired) electrons. The van der Waals surface area contributed by atoms with Crippen LogP contribution in [-0.2, 0) is 16.0 Å². The number of anilines is 1. The molecule has 1 spiro atoms. The molecule has 0 aliphatic carbocycles. The fraction of sp³-hybridized carbons (Fsp3) is 0.560. The Morgan fingerprint density at radius 3 is 2.76 bits per heavy atom. The van der Waals surface area contributed by atoms with Gasteiger partial charge in [0, 0.05) is 4.88 Å². The molecule has 1 saturated heterocycles. The lowest BCUT2D eigenvalue weighted by Gasteiger charge is -2.40. The number of carbonyl (C=O) groups excluding carboxylic acids is 2. The van der Waals surface area contributed by atoms with Gasteiger partial charge in [0.25, 0.3) is 0 Å². The van der Waals surface area contributed by atoms with Crippen molar-refractivity contribution in [1.29, 1.82) is 0 Å². The molecule has 33 heavy (non-hydrogen) atoms. The predicted octanol–water partition coefficient (Wildman–Crippen LogP) is 3.70. The maximum Gasteiger partial charge on any atom is 0.240 e. The van der Waals surface area contributed by atoms with Crippen LogP contribution in [0.2, 0.25) is 0 Å². The molecule has 2 amide bonds. The number of piperidine rings is 1. The Morgan fingerprint density at radius 1 is 1.21 bits per heavy atom. The van der Waals surface area contributed by atoms with Crippen molar-refractivity contribution < 1.29 is 14.3 Å². The van der Waals surface area contributed by atoms with Gasteiger partial charge in [-0.05, 0) is 70.7 Å². The van der Waals surface area contributed by atoms with Gasteiger partial charge in [-0.2, -0.15) is 0 Å². The zero-order valence-electron chi connectivity index (χ0n) is 19.6. The Balaban J connectivity index is 1.32. The number of benzene rings is 1. The average molecular weight is 471 g/mol. The van der Waals surface area contributed by atoms with Gasteiger partial charge in [-0.1, -0.05) is 24.6 Å². The average Bonchev–Trinajstić information content (AvgIpc) is 3.11. The second-order valence-corrected chi connectivity index (χ2v) is 10.4. The SMILES string of the molecule is Cc1nc(NC(=O)CN2CCC3(CCCCc4ccccc4OCCNC3=O)CC2)sc1C. The zero-order chi connectivity index (χ0) is 23.3. The Labute approximate surface area is 199 Å². The Bertz CT molecular complexity index is 962.